The van der Waals surface area contributed by atoms with Crippen molar-refractivity contribution in [1.29, 1.82) is 0 Å². The maximum Gasteiger partial charge on any atom is 0.307 e. The molecule has 2 aliphatic heterocycles. The standard InChI is InChI=1S/C13H21N5O2/c19-18(20)13-9-15-17(10-13)12-3-7-16(8-4-12)11-1-5-14-6-2-11/h9-12,14H,1-8H2. The maximum atomic E-state index is 10.7. The number of hydrogen-bond acceptors (Lipinski definition) is 5. The Morgan fingerprint density at radius 2 is 1.90 bits per heavy atom. The van der Waals surface area contributed by atoms with Gasteiger partial charge in [-0.15, -0.1) is 0 Å². The van der Waals surface area contributed by atoms with Gasteiger partial charge in [0.05, 0.1) is 11.0 Å². The summed E-state index contributed by atoms with van der Waals surface area (Å²) in [5.41, 5.74) is 0.0887. The van der Waals surface area contributed by atoms with Crippen molar-refractivity contribution < 1.29 is 4.92 Å². The molecule has 0 unspecified atom stereocenters. The zero-order chi connectivity index (χ0) is 13.9. The van der Waals surface area contributed by atoms with Gasteiger partial charge in [-0.2, -0.15) is 5.10 Å². The van der Waals surface area contributed by atoms with Gasteiger partial charge in [-0.3, -0.25) is 14.8 Å². The molecule has 1 aromatic heterocycles. The number of nitro groups is 1. The van der Waals surface area contributed by atoms with Gasteiger partial charge in [0.1, 0.15) is 12.4 Å². The van der Waals surface area contributed by atoms with Crippen LogP contribution in [0.5, 0.6) is 0 Å². The second-order valence-corrected chi connectivity index (χ2v) is 5.68. The topological polar surface area (TPSA) is 76.2 Å². The van der Waals surface area contributed by atoms with Gasteiger partial charge in [-0.05, 0) is 38.8 Å². The summed E-state index contributed by atoms with van der Waals surface area (Å²) in [7, 11) is 0. The van der Waals surface area contributed by atoms with Crippen molar-refractivity contribution in [2.45, 2.75) is 37.8 Å². The Kier molecular flexibility index (Phi) is 3.98. The van der Waals surface area contributed by atoms with E-state index in [2.05, 4.69) is 15.3 Å². The number of rotatable bonds is 3. The molecule has 3 rings (SSSR count). The van der Waals surface area contributed by atoms with Gasteiger partial charge in [-0.25, -0.2) is 0 Å². The number of hydrogen-bond donors (Lipinski definition) is 1. The number of likely N-dealkylation sites (tertiary alicyclic amines) is 1. The summed E-state index contributed by atoms with van der Waals surface area (Å²) in [5.74, 6) is 0. The van der Waals surface area contributed by atoms with Crippen molar-refractivity contribution in [2.75, 3.05) is 26.2 Å². The van der Waals surface area contributed by atoms with Crippen LogP contribution in [0.3, 0.4) is 0 Å². The average molecular weight is 279 g/mol. The zero-order valence-corrected chi connectivity index (χ0v) is 11.6. The van der Waals surface area contributed by atoms with Crippen LogP contribution in [0.25, 0.3) is 0 Å². The first-order chi connectivity index (χ1) is 9.74. The minimum Gasteiger partial charge on any atom is -0.317 e. The smallest absolute Gasteiger partial charge is 0.307 e. The van der Waals surface area contributed by atoms with Crippen LogP contribution in [-0.4, -0.2) is 51.8 Å². The molecule has 0 atom stereocenters. The second-order valence-electron chi connectivity index (χ2n) is 5.68. The van der Waals surface area contributed by atoms with Crippen molar-refractivity contribution in [1.82, 2.24) is 20.0 Å². The molecule has 0 aromatic carbocycles. The van der Waals surface area contributed by atoms with E-state index in [1.54, 1.807) is 10.9 Å². The van der Waals surface area contributed by atoms with E-state index in [-0.39, 0.29) is 10.6 Å². The molecule has 110 valence electrons. The SMILES string of the molecule is O=[N+]([O-])c1cnn(C2CCN(C3CCNCC3)CC2)c1. The molecule has 1 aromatic rings. The Bertz CT molecular complexity index is 461. The molecule has 0 radical (unpaired) electrons. The van der Waals surface area contributed by atoms with Crippen LogP contribution in [0.4, 0.5) is 5.69 Å². The normalized spacial score (nSPS) is 23.0. The number of aromatic nitrogens is 2. The first-order valence-corrected chi connectivity index (χ1v) is 7.37. The predicted molar refractivity (Wildman–Crippen MR) is 74.6 cm³/mol. The summed E-state index contributed by atoms with van der Waals surface area (Å²) in [6.07, 6.45) is 7.44. The summed E-state index contributed by atoms with van der Waals surface area (Å²) in [6.45, 7) is 4.39. The second kappa shape index (κ2) is 5.88. The molecular formula is C13H21N5O2. The number of nitrogens with one attached hydrogen (secondary N) is 1. The molecule has 1 N–H and O–H groups in total. The summed E-state index contributed by atoms with van der Waals surface area (Å²) in [4.78, 5) is 12.9. The zero-order valence-electron chi connectivity index (χ0n) is 11.6. The molecule has 2 fully saturated rings. The van der Waals surface area contributed by atoms with Crippen molar-refractivity contribution in [3.63, 3.8) is 0 Å². The van der Waals surface area contributed by atoms with Gasteiger partial charge >= 0.3 is 5.69 Å². The Hall–Kier alpha value is -1.47. The van der Waals surface area contributed by atoms with Crippen LogP contribution in [-0.2, 0) is 0 Å². The van der Waals surface area contributed by atoms with E-state index < -0.39 is 0 Å². The minimum absolute atomic E-state index is 0.0887. The Morgan fingerprint density at radius 1 is 1.20 bits per heavy atom. The molecule has 2 saturated heterocycles. The van der Waals surface area contributed by atoms with E-state index in [9.17, 15) is 10.1 Å². The van der Waals surface area contributed by atoms with E-state index >= 15 is 0 Å². The summed E-state index contributed by atoms with van der Waals surface area (Å²) < 4.78 is 1.78. The van der Waals surface area contributed by atoms with Crippen LogP contribution in [0.1, 0.15) is 31.7 Å². The Balaban J connectivity index is 1.56. The fraction of sp³-hybridized carbons (Fsp3) is 0.769. The van der Waals surface area contributed by atoms with Gasteiger partial charge in [0.2, 0.25) is 0 Å². The lowest BCUT2D eigenvalue weighted by atomic mass is 9.99. The monoisotopic (exact) mass is 279 g/mol. The largest absolute Gasteiger partial charge is 0.317 e. The molecule has 7 nitrogen and oxygen atoms in total. The highest BCUT2D eigenvalue weighted by atomic mass is 16.6. The molecule has 2 aliphatic rings. The van der Waals surface area contributed by atoms with Crippen molar-refractivity contribution in [3.05, 3.63) is 22.5 Å². The molecule has 20 heavy (non-hydrogen) atoms. The van der Waals surface area contributed by atoms with Crippen LogP contribution in [0.2, 0.25) is 0 Å². The molecule has 7 heteroatoms. The van der Waals surface area contributed by atoms with Crippen LogP contribution in [0, 0.1) is 10.1 Å². The fourth-order valence-electron chi connectivity index (χ4n) is 3.31. The third-order valence-electron chi connectivity index (χ3n) is 4.50. The van der Waals surface area contributed by atoms with E-state index in [1.165, 1.54) is 19.0 Å². The number of nitrogens with zero attached hydrogens (tertiary/aromatic N) is 4. The molecule has 0 saturated carbocycles. The first-order valence-electron chi connectivity index (χ1n) is 7.37. The number of piperidine rings is 2. The molecule has 0 aliphatic carbocycles. The van der Waals surface area contributed by atoms with Gasteiger partial charge in [0.25, 0.3) is 0 Å². The van der Waals surface area contributed by atoms with E-state index in [0.717, 1.165) is 39.0 Å². The highest BCUT2D eigenvalue weighted by molar-refractivity contribution is 5.21. The van der Waals surface area contributed by atoms with Crippen LogP contribution in [0.15, 0.2) is 12.4 Å². The van der Waals surface area contributed by atoms with Crippen LogP contribution >= 0.6 is 0 Å². The molecule has 0 spiro atoms. The maximum absolute atomic E-state index is 10.7. The lowest BCUT2D eigenvalue weighted by molar-refractivity contribution is -0.385. The first kappa shape index (κ1) is 13.5. The summed E-state index contributed by atoms with van der Waals surface area (Å²) in [5, 5.41) is 18.2. The highest BCUT2D eigenvalue weighted by Crippen LogP contribution is 2.26. The van der Waals surface area contributed by atoms with Crippen LogP contribution < -0.4 is 5.32 Å². The molecule has 0 bridgehead atoms. The summed E-state index contributed by atoms with van der Waals surface area (Å²) >= 11 is 0. The lowest BCUT2D eigenvalue weighted by Crippen LogP contribution is -2.46. The van der Waals surface area contributed by atoms with E-state index in [1.807, 2.05) is 0 Å². The van der Waals surface area contributed by atoms with Gasteiger partial charge in [0.15, 0.2) is 0 Å². The Morgan fingerprint density at radius 3 is 2.50 bits per heavy atom. The van der Waals surface area contributed by atoms with E-state index in [4.69, 9.17) is 0 Å². The van der Waals surface area contributed by atoms with Crippen molar-refractivity contribution in [2.24, 2.45) is 0 Å². The fourth-order valence-corrected chi connectivity index (χ4v) is 3.31. The Labute approximate surface area is 118 Å². The third kappa shape index (κ3) is 2.83. The molecular weight excluding hydrogens is 258 g/mol. The summed E-state index contributed by atoms with van der Waals surface area (Å²) in [6, 6.07) is 1.02. The van der Waals surface area contributed by atoms with Crippen molar-refractivity contribution in [3.8, 4) is 0 Å². The van der Waals surface area contributed by atoms with Gasteiger partial charge in [-0.1, -0.05) is 0 Å². The van der Waals surface area contributed by atoms with Gasteiger partial charge < -0.3 is 10.2 Å². The quantitative estimate of drug-likeness (QED) is 0.664. The highest BCUT2D eigenvalue weighted by Gasteiger charge is 2.27. The minimum atomic E-state index is -0.381. The van der Waals surface area contributed by atoms with Crippen molar-refractivity contribution >= 4 is 5.69 Å². The predicted octanol–water partition coefficient (Wildman–Crippen LogP) is 1.18. The lowest BCUT2D eigenvalue weighted by Gasteiger charge is -2.39. The average Bonchev–Trinajstić information content (AvgIpc) is 2.98. The van der Waals surface area contributed by atoms with E-state index in [0.29, 0.717) is 12.1 Å². The third-order valence-corrected chi connectivity index (χ3v) is 4.50. The molecule has 3 heterocycles. The molecule has 0 amide bonds. The van der Waals surface area contributed by atoms with Gasteiger partial charge in [0, 0.05) is 19.1 Å².